The Labute approximate surface area is 82.3 Å². The first-order valence-electron chi connectivity index (χ1n) is 4.47. The molecule has 0 unspecified atom stereocenters. The van der Waals surface area contributed by atoms with E-state index in [1.54, 1.807) is 0 Å². The van der Waals surface area contributed by atoms with Crippen LogP contribution < -0.4 is 0 Å². The lowest BCUT2D eigenvalue weighted by Crippen LogP contribution is -1.74. The minimum atomic E-state index is 0.727. The molecular weight excluding hydrogens is 184 g/mol. The van der Waals surface area contributed by atoms with Crippen molar-refractivity contribution in [3.63, 3.8) is 0 Å². The number of hydrogen-bond acceptors (Lipinski definition) is 1. The van der Waals surface area contributed by atoms with Crippen molar-refractivity contribution in [2.24, 2.45) is 0 Å². The van der Waals surface area contributed by atoms with Crippen LogP contribution in [0, 0.1) is 0 Å². The van der Waals surface area contributed by atoms with Gasteiger partial charge in [-0.1, -0.05) is 18.5 Å². The molecule has 2 rings (SSSR count). The van der Waals surface area contributed by atoms with Gasteiger partial charge in [-0.15, -0.1) is 0 Å². The Bertz CT molecular complexity index is 417. The van der Waals surface area contributed by atoms with Gasteiger partial charge in [0.15, 0.2) is 0 Å². The molecule has 0 saturated carbocycles. The van der Waals surface area contributed by atoms with Crippen molar-refractivity contribution in [2.45, 2.75) is 19.8 Å². The molecule has 1 heterocycles. The van der Waals surface area contributed by atoms with E-state index in [0.29, 0.717) is 0 Å². The predicted molar refractivity (Wildman–Crippen MR) is 55.2 cm³/mol. The summed E-state index contributed by atoms with van der Waals surface area (Å²) >= 11 is 5.84. The molecule has 0 spiro atoms. The fraction of sp³-hybridized carbons (Fsp3) is 0.273. The number of halogens is 1. The van der Waals surface area contributed by atoms with Gasteiger partial charge in [0.1, 0.15) is 11.3 Å². The molecule has 1 nitrogen and oxygen atoms in total. The van der Waals surface area contributed by atoms with Crippen molar-refractivity contribution >= 4 is 22.6 Å². The van der Waals surface area contributed by atoms with E-state index in [2.05, 4.69) is 13.0 Å². The zero-order valence-electron chi connectivity index (χ0n) is 7.51. The van der Waals surface area contributed by atoms with Crippen LogP contribution in [0.3, 0.4) is 0 Å². The van der Waals surface area contributed by atoms with Crippen LogP contribution in [0.25, 0.3) is 11.0 Å². The molecule has 2 aromatic rings. The van der Waals surface area contributed by atoms with Gasteiger partial charge in [0.25, 0.3) is 0 Å². The summed E-state index contributed by atoms with van der Waals surface area (Å²) in [5, 5.41) is 1.86. The second kappa shape index (κ2) is 3.43. The normalized spacial score (nSPS) is 10.9. The van der Waals surface area contributed by atoms with Crippen LogP contribution in [0.2, 0.25) is 5.02 Å². The first-order valence-corrected chi connectivity index (χ1v) is 4.85. The topological polar surface area (TPSA) is 13.1 Å². The van der Waals surface area contributed by atoms with Gasteiger partial charge < -0.3 is 4.42 Å². The fourth-order valence-corrected chi connectivity index (χ4v) is 1.59. The van der Waals surface area contributed by atoms with Crippen LogP contribution in [0.15, 0.2) is 28.7 Å². The molecule has 0 bridgehead atoms. The molecule has 1 aromatic heterocycles. The molecule has 0 aliphatic rings. The van der Waals surface area contributed by atoms with E-state index in [0.717, 1.165) is 34.6 Å². The molecule has 0 aliphatic heterocycles. The summed E-state index contributed by atoms with van der Waals surface area (Å²) in [6.45, 7) is 2.14. The predicted octanol–water partition coefficient (Wildman–Crippen LogP) is 4.04. The highest BCUT2D eigenvalue weighted by Crippen LogP contribution is 2.23. The van der Waals surface area contributed by atoms with Crippen LogP contribution in [-0.4, -0.2) is 0 Å². The third-order valence-corrected chi connectivity index (χ3v) is 2.26. The Balaban J connectivity index is 2.49. The van der Waals surface area contributed by atoms with Gasteiger partial charge in [0.05, 0.1) is 0 Å². The van der Waals surface area contributed by atoms with Gasteiger partial charge in [-0.2, -0.15) is 0 Å². The summed E-state index contributed by atoms with van der Waals surface area (Å²) in [5.41, 5.74) is 0.885. The average Bonchev–Trinajstić information content (AvgIpc) is 2.46. The summed E-state index contributed by atoms with van der Waals surface area (Å²) in [7, 11) is 0. The number of rotatable bonds is 2. The van der Waals surface area contributed by atoms with Crippen LogP contribution in [0.1, 0.15) is 19.1 Å². The number of fused-ring (bicyclic) bond motifs is 1. The Morgan fingerprint density at radius 2 is 2.15 bits per heavy atom. The van der Waals surface area contributed by atoms with Crippen molar-refractivity contribution in [3.8, 4) is 0 Å². The van der Waals surface area contributed by atoms with E-state index in [-0.39, 0.29) is 0 Å². The molecule has 0 fully saturated rings. The highest BCUT2D eigenvalue weighted by Gasteiger charge is 2.02. The van der Waals surface area contributed by atoms with Gasteiger partial charge in [0, 0.05) is 16.8 Å². The standard InChI is InChI=1S/C11H11ClO/c1-2-3-10-6-8-4-5-9(12)7-11(8)13-10/h4-7H,2-3H2,1H3. The van der Waals surface area contributed by atoms with Crippen molar-refractivity contribution in [1.82, 2.24) is 0 Å². The van der Waals surface area contributed by atoms with Crippen LogP contribution in [0.4, 0.5) is 0 Å². The Morgan fingerprint density at radius 1 is 1.31 bits per heavy atom. The number of benzene rings is 1. The molecule has 0 N–H and O–H groups in total. The van der Waals surface area contributed by atoms with Gasteiger partial charge in [0.2, 0.25) is 0 Å². The van der Waals surface area contributed by atoms with Crippen LogP contribution in [-0.2, 0) is 6.42 Å². The zero-order chi connectivity index (χ0) is 9.26. The lowest BCUT2D eigenvalue weighted by atomic mass is 10.2. The van der Waals surface area contributed by atoms with Crippen molar-refractivity contribution < 1.29 is 4.42 Å². The number of aryl methyl sites for hydroxylation is 1. The van der Waals surface area contributed by atoms with Gasteiger partial charge >= 0.3 is 0 Å². The molecule has 0 aliphatic carbocycles. The van der Waals surface area contributed by atoms with Gasteiger partial charge in [-0.05, 0) is 30.7 Å². The van der Waals surface area contributed by atoms with Gasteiger partial charge in [-0.3, -0.25) is 0 Å². The Morgan fingerprint density at radius 3 is 2.92 bits per heavy atom. The first kappa shape index (κ1) is 8.64. The second-order valence-corrected chi connectivity index (χ2v) is 3.58. The molecule has 2 heteroatoms. The third-order valence-electron chi connectivity index (χ3n) is 2.03. The van der Waals surface area contributed by atoms with Crippen molar-refractivity contribution in [3.05, 3.63) is 35.0 Å². The van der Waals surface area contributed by atoms with E-state index >= 15 is 0 Å². The Hall–Kier alpha value is -0.950. The number of furan rings is 1. The maximum atomic E-state index is 5.84. The SMILES string of the molecule is CCCc1cc2ccc(Cl)cc2o1. The second-order valence-electron chi connectivity index (χ2n) is 3.14. The van der Waals surface area contributed by atoms with E-state index in [1.165, 1.54) is 0 Å². The molecule has 1 aromatic carbocycles. The van der Waals surface area contributed by atoms with E-state index in [1.807, 2.05) is 18.2 Å². The number of hydrogen-bond donors (Lipinski definition) is 0. The highest BCUT2D eigenvalue weighted by molar-refractivity contribution is 6.31. The molecule has 13 heavy (non-hydrogen) atoms. The molecule has 0 amide bonds. The highest BCUT2D eigenvalue weighted by atomic mass is 35.5. The summed E-state index contributed by atoms with van der Waals surface area (Å²) in [6, 6.07) is 7.81. The Kier molecular flexibility index (Phi) is 2.28. The molecule has 68 valence electrons. The molecule has 0 atom stereocenters. The van der Waals surface area contributed by atoms with Crippen LogP contribution >= 0.6 is 11.6 Å². The maximum Gasteiger partial charge on any atom is 0.135 e. The van der Waals surface area contributed by atoms with Crippen LogP contribution in [0.5, 0.6) is 0 Å². The lowest BCUT2D eigenvalue weighted by Gasteiger charge is -1.89. The minimum Gasteiger partial charge on any atom is -0.461 e. The van der Waals surface area contributed by atoms with Gasteiger partial charge in [-0.25, -0.2) is 0 Å². The van der Waals surface area contributed by atoms with E-state index in [4.69, 9.17) is 16.0 Å². The minimum absolute atomic E-state index is 0.727. The van der Waals surface area contributed by atoms with E-state index < -0.39 is 0 Å². The smallest absolute Gasteiger partial charge is 0.135 e. The lowest BCUT2D eigenvalue weighted by molar-refractivity contribution is 0.544. The summed E-state index contributed by atoms with van der Waals surface area (Å²) in [6.07, 6.45) is 2.10. The average molecular weight is 195 g/mol. The van der Waals surface area contributed by atoms with Crippen molar-refractivity contribution in [1.29, 1.82) is 0 Å². The quantitative estimate of drug-likeness (QED) is 0.703. The summed E-state index contributed by atoms with van der Waals surface area (Å²) in [4.78, 5) is 0. The summed E-state index contributed by atoms with van der Waals surface area (Å²) < 4.78 is 5.60. The maximum absolute atomic E-state index is 5.84. The van der Waals surface area contributed by atoms with Crippen molar-refractivity contribution in [2.75, 3.05) is 0 Å². The first-order chi connectivity index (χ1) is 6.29. The molecular formula is C11H11ClO. The molecule has 0 radical (unpaired) electrons. The fourth-order valence-electron chi connectivity index (χ4n) is 1.43. The zero-order valence-corrected chi connectivity index (χ0v) is 8.27. The molecule has 0 saturated heterocycles. The summed E-state index contributed by atoms with van der Waals surface area (Å²) in [5.74, 6) is 1.04. The monoisotopic (exact) mass is 194 g/mol. The third kappa shape index (κ3) is 1.70. The largest absolute Gasteiger partial charge is 0.461 e. The van der Waals surface area contributed by atoms with E-state index in [9.17, 15) is 0 Å².